The largest absolute Gasteiger partial charge is 0.167 e. The Morgan fingerprint density at radius 1 is 1.20 bits per heavy atom. The van der Waals surface area contributed by atoms with Crippen LogP contribution in [-0.4, -0.2) is 13.3 Å². The summed E-state index contributed by atoms with van der Waals surface area (Å²) in [6.07, 6.45) is 1.10. The third-order valence-electron chi connectivity index (χ3n) is 2.03. The van der Waals surface area contributed by atoms with Gasteiger partial charge in [0.2, 0.25) is 0 Å². The molecule has 0 amide bonds. The summed E-state index contributed by atoms with van der Waals surface area (Å²) in [5.41, 5.74) is 0. The maximum absolute atomic E-state index is 6.37. The van der Waals surface area contributed by atoms with Crippen LogP contribution in [0.25, 0.3) is 0 Å². The maximum atomic E-state index is 6.37. The topological polar surface area (TPSA) is 0 Å². The highest BCUT2D eigenvalue weighted by atomic mass is 35.6. The van der Waals surface area contributed by atoms with Crippen LogP contribution in [0.3, 0.4) is 0 Å². The van der Waals surface area contributed by atoms with Gasteiger partial charge in [0.05, 0.1) is 0 Å². The quantitative estimate of drug-likeness (QED) is 0.358. The van der Waals surface area contributed by atoms with E-state index in [1.807, 2.05) is 0 Å². The average molecular weight is 199 g/mol. The molecule has 62 valence electrons. The summed E-state index contributed by atoms with van der Waals surface area (Å²) >= 11 is 12.0. The molecule has 0 atom stereocenters. The predicted molar refractivity (Wildman–Crippen MR) is 52.7 cm³/mol. The van der Waals surface area contributed by atoms with Gasteiger partial charge < -0.3 is 0 Å². The Hall–Kier alpha value is 0.797. The van der Waals surface area contributed by atoms with Gasteiger partial charge in [-0.15, -0.1) is 11.6 Å². The van der Waals surface area contributed by atoms with E-state index in [-0.39, 0.29) is 0 Å². The van der Waals surface area contributed by atoms with E-state index in [4.69, 9.17) is 22.7 Å². The molecule has 0 unspecified atom stereocenters. The molecule has 0 N–H and O–H groups in total. The van der Waals surface area contributed by atoms with Crippen molar-refractivity contribution in [3.63, 3.8) is 0 Å². The molecule has 0 nitrogen and oxygen atoms in total. The Kier molecular flexibility index (Phi) is 5.88. The van der Waals surface area contributed by atoms with E-state index in [0.717, 1.165) is 12.3 Å². The molecular weight excluding hydrogens is 183 g/mol. The van der Waals surface area contributed by atoms with Crippen LogP contribution in [0.1, 0.15) is 20.3 Å². The standard InChI is InChI=1S/C7H16Cl2Si/c1-3-10(9,4-2)7-5-6-8/h3-7H2,1-2H3. The Balaban J connectivity index is 3.58. The molecule has 10 heavy (non-hydrogen) atoms. The van der Waals surface area contributed by atoms with Crippen LogP contribution >= 0.6 is 22.7 Å². The Labute approximate surface area is 74.6 Å². The lowest BCUT2D eigenvalue weighted by atomic mass is 10.6. The summed E-state index contributed by atoms with van der Waals surface area (Å²) in [7, 11) is -1.33. The van der Waals surface area contributed by atoms with Crippen molar-refractivity contribution in [3.8, 4) is 0 Å². The number of alkyl halides is 1. The zero-order valence-electron chi connectivity index (χ0n) is 6.79. The summed E-state index contributed by atoms with van der Waals surface area (Å²) in [5, 5.41) is 0. The zero-order chi connectivity index (χ0) is 8.04. The molecule has 3 heteroatoms. The fraction of sp³-hybridized carbons (Fsp3) is 1.00. The van der Waals surface area contributed by atoms with Crippen LogP contribution in [0.2, 0.25) is 18.1 Å². The van der Waals surface area contributed by atoms with Crippen LogP contribution in [0.5, 0.6) is 0 Å². The Morgan fingerprint density at radius 3 is 2.00 bits per heavy atom. The Morgan fingerprint density at radius 2 is 1.70 bits per heavy atom. The van der Waals surface area contributed by atoms with E-state index in [1.165, 1.54) is 18.1 Å². The fourth-order valence-electron chi connectivity index (χ4n) is 0.987. The van der Waals surface area contributed by atoms with E-state index in [0.29, 0.717) is 0 Å². The van der Waals surface area contributed by atoms with Gasteiger partial charge in [0.25, 0.3) is 0 Å². The minimum atomic E-state index is -1.33. The van der Waals surface area contributed by atoms with Crippen molar-refractivity contribution in [3.05, 3.63) is 0 Å². The summed E-state index contributed by atoms with van der Waals surface area (Å²) in [5.74, 6) is 0.765. The number of halogens is 2. The van der Waals surface area contributed by atoms with Crippen molar-refractivity contribution in [2.45, 2.75) is 38.4 Å². The molecule has 0 saturated carbocycles. The molecule has 0 fully saturated rings. The zero-order valence-corrected chi connectivity index (χ0v) is 9.30. The molecule has 0 aromatic rings. The van der Waals surface area contributed by atoms with E-state index in [1.54, 1.807) is 0 Å². The first-order valence-corrected chi connectivity index (χ1v) is 8.10. The van der Waals surface area contributed by atoms with Crippen molar-refractivity contribution >= 4 is 30.1 Å². The van der Waals surface area contributed by atoms with Crippen molar-refractivity contribution in [2.75, 3.05) is 5.88 Å². The van der Waals surface area contributed by atoms with E-state index < -0.39 is 7.38 Å². The molecule has 0 radical (unpaired) electrons. The van der Waals surface area contributed by atoms with Gasteiger partial charge in [0, 0.05) is 5.88 Å². The van der Waals surface area contributed by atoms with Crippen molar-refractivity contribution in [1.29, 1.82) is 0 Å². The van der Waals surface area contributed by atoms with Gasteiger partial charge in [-0.05, 0) is 24.6 Å². The minimum Gasteiger partial charge on any atom is -0.167 e. The molecule has 0 aromatic heterocycles. The molecule has 0 heterocycles. The lowest BCUT2D eigenvalue weighted by Gasteiger charge is -2.19. The van der Waals surface area contributed by atoms with Gasteiger partial charge in [-0.3, -0.25) is 0 Å². The van der Waals surface area contributed by atoms with E-state index in [2.05, 4.69) is 13.8 Å². The summed E-state index contributed by atoms with van der Waals surface area (Å²) in [6, 6.07) is 3.55. The van der Waals surface area contributed by atoms with Gasteiger partial charge in [0.1, 0.15) is 0 Å². The second-order valence-electron chi connectivity index (χ2n) is 2.65. The molecule has 0 aromatic carbocycles. The molecule has 0 spiro atoms. The van der Waals surface area contributed by atoms with Crippen LogP contribution in [-0.2, 0) is 0 Å². The second kappa shape index (κ2) is 5.45. The first-order chi connectivity index (χ1) is 4.68. The van der Waals surface area contributed by atoms with E-state index in [9.17, 15) is 0 Å². The van der Waals surface area contributed by atoms with Gasteiger partial charge >= 0.3 is 0 Å². The number of rotatable bonds is 5. The predicted octanol–water partition coefficient (Wildman–Crippen LogP) is 3.84. The summed E-state index contributed by atoms with van der Waals surface area (Å²) in [4.78, 5) is 0. The van der Waals surface area contributed by atoms with Crippen LogP contribution < -0.4 is 0 Å². The second-order valence-corrected chi connectivity index (χ2v) is 9.65. The third kappa shape index (κ3) is 3.84. The molecule has 0 aliphatic rings. The van der Waals surface area contributed by atoms with Gasteiger partial charge in [-0.2, -0.15) is 11.1 Å². The highest BCUT2D eigenvalue weighted by molar-refractivity contribution is 7.20. The molecule has 0 aliphatic heterocycles. The first kappa shape index (κ1) is 10.8. The van der Waals surface area contributed by atoms with Gasteiger partial charge in [0.15, 0.2) is 7.38 Å². The Bertz CT molecular complexity index is 81.7. The highest BCUT2D eigenvalue weighted by Gasteiger charge is 2.24. The highest BCUT2D eigenvalue weighted by Crippen LogP contribution is 2.26. The first-order valence-electron chi connectivity index (χ1n) is 3.93. The van der Waals surface area contributed by atoms with Crippen molar-refractivity contribution < 1.29 is 0 Å². The van der Waals surface area contributed by atoms with Crippen molar-refractivity contribution in [2.24, 2.45) is 0 Å². The normalized spacial score (nSPS) is 12.0. The number of hydrogen-bond acceptors (Lipinski definition) is 0. The van der Waals surface area contributed by atoms with E-state index >= 15 is 0 Å². The lowest BCUT2D eigenvalue weighted by Crippen LogP contribution is -2.23. The fourth-order valence-corrected chi connectivity index (χ4v) is 3.76. The van der Waals surface area contributed by atoms with Gasteiger partial charge in [-0.1, -0.05) is 13.8 Å². The van der Waals surface area contributed by atoms with Crippen molar-refractivity contribution in [1.82, 2.24) is 0 Å². The summed E-state index contributed by atoms with van der Waals surface area (Å²) < 4.78 is 0. The maximum Gasteiger partial charge on any atom is 0.156 e. The van der Waals surface area contributed by atoms with Crippen LogP contribution in [0, 0.1) is 0 Å². The minimum absolute atomic E-state index is 0.765. The molecule has 0 bridgehead atoms. The SMILES string of the molecule is CC[Si](Cl)(CC)CCCCl. The summed E-state index contributed by atoms with van der Waals surface area (Å²) in [6.45, 7) is 4.38. The molecule has 0 aliphatic carbocycles. The third-order valence-corrected chi connectivity index (χ3v) is 8.25. The smallest absolute Gasteiger partial charge is 0.156 e. The average Bonchev–Trinajstić information content (AvgIpc) is 2.00. The number of hydrogen-bond donors (Lipinski definition) is 0. The monoisotopic (exact) mass is 198 g/mol. The molecular formula is C7H16Cl2Si. The molecule has 0 saturated heterocycles. The molecule has 0 rings (SSSR count). The van der Waals surface area contributed by atoms with Crippen LogP contribution in [0.4, 0.5) is 0 Å². The lowest BCUT2D eigenvalue weighted by molar-refractivity contribution is 1.04. The van der Waals surface area contributed by atoms with Crippen LogP contribution in [0.15, 0.2) is 0 Å². The van der Waals surface area contributed by atoms with Gasteiger partial charge in [-0.25, -0.2) is 0 Å².